The van der Waals surface area contributed by atoms with Gasteiger partial charge in [0.25, 0.3) is 5.91 Å². The molecule has 7 heteroatoms. The van der Waals surface area contributed by atoms with Crippen molar-refractivity contribution in [3.8, 4) is 0 Å². The van der Waals surface area contributed by atoms with Gasteiger partial charge in [-0.3, -0.25) is 9.59 Å². The maximum atomic E-state index is 12.9. The van der Waals surface area contributed by atoms with Crippen LogP contribution in [0, 0.1) is 6.92 Å². The summed E-state index contributed by atoms with van der Waals surface area (Å²) in [5, 5.41) is 3.02. The molecule has 0 spiro atoms. The van der Waals surface area contributed by atoms with Crippen LogP contribution in [0.1, 0.15) is 28.5 Å². The molecule has 0 bridgehead atoms. The van der Waals surface area contributed by atoms with E-state index in [0.29, 0.717) is 17.6 Å². The predicted octanol–water partition coefficient (Wildman–Crippen LogP) is 2.24. The molecule has 0 aliphatic carbocycles. The van der Waals surface area contributed by atoms with E-state index in [2.05, 4.69) is 10.3 Å². The van der Waals surface area contributed by atoms with E-state index in [9.17, 15) is 14.4 Å². The Morgan fingerprint density at radius 2 is 1.90 bits per heavy atom. The van der Waals surface area contributed by atoms with E-state index in [0.717, 1.165) is 11.3 Å². The third kappa shape index (κ3) is 4.34. The van der Waals surface area contributed by atoms with Gasteiger partial charge in [-0.25, -0.2) is 9.78 Å². The molecule has 29 heavy (non-hydrogen) atoms. The van der Waals surface area contributed by atoms with Crippen LogP contribution in [-0.4, -0.2) is 34.6 Å². The number of hydrogen-bond donors (Lipinski definition) is 1. The van der Waals surface area contributed by atoms with E-state index >= 15 is 0 Å². The summed E-state index contributed by atoms with van der Waals surface area (Å²) in [6.45, 7) is 4.29. The van der Waals surface area contributed by atoms with Crippen molar-refractivity contribution in [3.63, 3.8) is 0 Å². The monoisotopic (exact) mass is 393 g/mol. The Morgan fingerprint density at radius 3 is 2.55 bits per heavy atom. The maximum absolute atomic E-state index is 12.9. The molecule has 2 heterocycles. The second kappa shape index (κ2) is 8.68. The van der Waals surface area contributed by atoms with Crippen molar-refractivity contribution in [1.29, 1.82) is 0 Å². The summed E-state index contributed by atoms with van der Waals surface area (Å²) in [7, 11) is 1.26. The number of hydrogen-bond acceptors (Lipinski definition) is 5. The number of carbonyl (C=O) groups excluding carboxylic acids is 2. The second-order valence-electron chi connectivity index (χ2n) is 6.72. The topological polar surface area (TPSA) is 90.3 Å². The number of carbonyl (C=O) groups is 2. The zero-order valence-corrected chi connectivity index (χ0v) is 16.6. The summed E-state index contributed by atoms with van der Waals surface area (Å²) in [6.07, 6.45) is 1.75. The lowest BCUT2D eigenvalue weighted by Crippen LogP contribution is -2.44. The molecule has 7 nitrogen and oxygen atoms in total. The number of pyridine rings is 2. The molecular weight excluding hydrogens is 370 g/mol. The SMILES string of the molecule is CCn1cc(C(=O)NC(Cc2ccccc2)C(=O)OC)c(=O)c2ccc(C)nc21. The van der Waals surface area contributed by atoms with Crippen LogP contribution in [0.4, 0.5) is 0 Å². The van der Waals surface area contributed by atoms with Gasteiger partial charge in [0.1, 0.15) is 17.3 Å². The van der Waals surface area contributed by atoms with Crippen molar-refractivity contribution in [1.82, 2.24) is 14.9 Å². The van der Waals surface area contributed by atoms with Gasteiger partial charge in [-0.1, -0.05) is 30.3 Å². The Bertz CT molecular complexity index is 1110. The van der Waals surface area contributed by atoms with Gasteiger partial charge in [0.15, 0.2) is 0 Å². The van der Waals surface area contributed by atoms with Crippen LogP contribution < -0.4 is 10.7 Å². The van der Waals surface area contributed by atoms with Gasteiger partial charge in [-0.05, 0) is 31.5 Å². The molecule has 1 amide bonds. The van der Waals surface area contributed by atoms with Gasteiger partial charge in [0.05, 0.1) is 12.5 Å². The summed E-state index contributed by atoms with van der Waals surface area (Å²) in [6, 6.07) is 11.8. The number of nitrogens with one attached hydrogen (secondary N) is 1. The lowest BCUT2D eigenvalue weighted by atomic mass is 10.1. The van der Waals surface area contributed by atoms with Gasteiger partial charge >= 0.3 is 5.97 Å². The lowest BCUT2D eigenvalue weighted by molar-refractivity contribution is -0.142. The van der Waals surface area contributed by atoms with Crippen LogP contribution >= 0.6 is 0 Å². The number of methoxy groups -OCH3 is 1. The molecule has 2 aromatic heterocycles. The first kappa shape index (κ1) is 20.3. The fourth-order valence-corrected chi connectivity index (χ4v) is 3.18. The zero-order chi connectivity index (χ0) is 21.0. The van der Waals surface area contributed by atoms with E-state index < -0.39 is 23.3 Å². The molecule has 0 aliphatic rings. The zero-order valence-electron chi connectivity index (χ0n) is 16.6. The van der Waals surface area contributed by atoms with E-state index in [-0.39, 0.29) is 12.0 Å². The van der Waals surface area contributed by atoms with E-state index in [1.807, 2.05) is 44.2 Å². The Balaban J connectivity index is 1.96. The van der Waals surface area contributed by atoms with E-state index in [1.54, 1.807) is 16.7 Å². The number of rotatable bonds is 6. The minimum atomic E-state index is -0.906. The molecule has 1 unspecified atom stereocenters. The second-order valence-corrected chi connectivity index (χ2v) is 6.72. The molecule has 0 aliphatic heterocycles. The van der Waals surface area contributed by atoms with E-state index in [1.165, 1.54) is 13.3 Å². The fraction of sp³-hybridized carbons (Fsp3) is 0.273. The van der Waals surface area contributed by atoms with Gasteiger partial charge in [0.2, 0.25) is 5.43 Å². The summed E-state index contributed by atoms with van der Waals surface area (Å²) < 4.78 is 6.59. The highest BCUT2D eigenvalue weighted by molar-refractivity contribution is 5.98. The van der Waals surface area contributed by atoms with Gasteiger partial charge in [-0.15, -0.1) is 0 Å². The van der Waals surface area contributed by atoms with Crippen LogP contribution in [0.3, 0.4) is 0 Å². The Labute approximate surface area is 168 Å². The van der Waals surface area contributed by atoms with Crippen LogP contribution in [0.5, 0.6) is 0 Å². The largest absolute Gasteiger partial charge is 0.467 e. The molecule has 0 fully saturated rings. The smallest absolute Gasteiger partial charge is 0.328 e. The summed E-state index contributed by atoms with van der Waals surface area (Å²) in [5.74, 6) is -1.19. The molecule has 150 valence electrons. The molecule has 0 saturated heterocycles. The summed E-state index contributed by atoms with van der Waals surface area (Å²) in [5.41, 5.74) is 1.73. The number of esters is 1. The molecule has 1 N–H and O–H groups in total. The Kier molecular flexibility index (Phi) is 6.07. The fourth-order valence-electron chi connectivity index (χ4n) is 3.18. The van der Waals surface area contributed by atoms with Crippen molar-refractivity contribution in [3.05, 3.63) is 75.7 Å². The standard InChI is InChI=1S/C22H23N3O4/c1-4-25-13-17(19(26)16-11-10-14(2)23-20(16)25)21(27)24-18(22(28)29-3)12-15-8-6-5-7-9-15/h5-11,13,18H,4,12H2,1-3H3,(H,24,27). The van der Waals surface area contributed by atoms with Crippen molar-refractivity contribution in [2.45, 2.75) is 32.9 Å². The van der Waals surface area contributed by atoms with Crippen molar-refractivity contribution in [2.24, 2.45) is 0 Å². The van der Waals surface area contributed by atoms with Gasteiger partial charge in [-0.2, -0.15) is 0 Å². The number of aryl methyl sites for hydroxylation is 2. The molecular formula is C22H23N3O4. The number of amides is 1. The highest BCUT2D eigenvalue weighted by atomic mass is 16.5. The van der Waals surface area contributed by atoms with Crippen molar-refractivity contribution in [2.75, 3.05) is 7.11 Å². The van der Waals surface area contributed by atoms with Crippen LogP contribution in [-0.2, 0) is 22.5 Å². The quantitative estimate of drug-likeness (QED) is 0.649. The highest BCUT2D eigenvalue weighted by Gasteiger charge is 2.25. The average Bonchev–Trinajstić information content (AvgIpc) is 2.73. The number of benzene rings is 1. The van der Waals surface area contributed by atoms with Crippen molar-refractivity contribution < 1.29 is 14.3 Å². The van der Waals surface area contributed by atoms with Gasteiger partial charge < -0.3 is 14.6 Å². The minimum absolute atomic E-state index is 0.0352. The Morgan fingerprint density at radius 1 is 1.17 bits per heavy atom. The molecule has 0 radical (unpaired) electrons. The number of fused-ring (bicyclic) bond motifs is 1. The van der Waals surface area contributed by atoms with Crippen LogP contribution in [0.25, 0.3) is 11.0 Å². The first-order valence-corrected chi connectivity index (χ1v) is 9.38. The number of aromatic nitrogens is 2. The molecule has 1 atom stereocenters. The Hall–Kier alpha value is -3.48. The first-order chi connectivity index (χ1) is 13.9. The van der Waals surface area contributed by atoms with Crippen LogP contribution in [0.2, 0.25) is 0 Å². The summed E-state index contributed by atoms with van der Waals surface area (Å²) >= 11 is 0. The normalized spacial score (nSPS) is 11.8. The predicted molar refractivity (Wildman–Crippen MR) is 110 cm³/mol. The molecule has 3 rings (SSSR count). The third-order valence-corrected chi connectivity index (χ3v) is 4.72. The number of nitrogens with zero attached hydrogens (tertiary/aromatic N) is 2. The lowest BCUT2D eigenvalue weighted by Gasteiger charge is -2.17. The summed E-state index contributed by atoms with van der Waals surface area (Å²) in [4.78, 5) is 42.4. The maximum Gasteiger partial charge on any atom is 0.328 e. The third-order valence-electron chi connectivity index (χ3n) is 4.72. The average molecular weight is 393 g/mol. The molecule has 1 aromatic carbocycles. The highest BCUT2D eigenvalue weighted by Crippen LogP contribution is 2.12. The van der Waals surface area contributed by atoms with E-state index in [4.69, 9.17) is 4.74 Å². The minimum Gasteiger partial charge on any atom is -0.467 e. The van der Waals surface area contributed by atoms with Crippen molar-refractivity contribution >= 4 is 22.9 Å². The molecule has 0 saturated carbocycles. The molecule has 3 aromatic rings. The van der Waals surface area contributed by atoms with Gasteiger partial charge in [0, 0.05) is 24.9 Å². The first-order valence-electron chi connectivity index (χ1n) is 9.38. The number of ether oxygens (including phenoxy) is 1. The van der Waals surface area contributed by atoms with Crippen LogP contribution in [0.15, 0.2) is 53.5 Å².